The number of primary amides is 1. The van der Waals surface area contributed by atoms with Crippen molar-refractivity contribution < 1.29 is 33.5 Å². The number of amides is 5. The molecule has 12 heteroatoms. The summed E-state index contributed by atoms with van der Waals surface area (Å²) in [6.07, 6.45) is -1.41. The van der Waals surface area contributed by atoms with Crippen LogP contribution in [-0.2, 0) is 41.6 Å². The molecule has 2 aromatic carbocycles. The lowest BCUT2D eigenvalue weighted by Crippen LogP contribution is -2.75. The molecule has 0 aromatic heterocycles. The number of nitrogens with two attached hydrogens (primary N) is 1. The summed E-state index contributed by atoms with van der Waals surface area (Å²) in [6.45, 7) is 5.73. The molecule has 2 aliphatic rings. The molecule has 0 aliphatic carbocycles. The quantitative estimate of drug-likeness (QED) is 0.326. The number of ether oxygens (including phenoxy) is 1. The van der Waals surface area contributed by atoms with Crippen LogP contribution in [0.5, 0.6) is 0 Å². The Morgan fingerprint density at radius 1 is 1.00 bits per heavy atom. The summed E-state index contributed by atoms with van der Waals surface area (Å²) in [5, 5.41) is 3.88. The Labute approximate surface area is 263 Å². The molecule has 45 heavy (non-hydrogen) atoms. The number of nitrogens with one attached hydrogen (secondary N) is 1. The first-order valence-electron chi connectivity index (χ1n) is 15.5. The number of hydrogen-bond donors (Lipinski definition) is 2. The van der Waals surface area contributed by atoms with E-state index in [-0.39, 0.29) is 39.0 Å². The van der Waals surface area contributed by atoms with Gasteiger partial charge in [-0.15, -0.1) is 0 Å². The fourth-order valence-electron chi connectivity index (χ4n) is 5.54. The average molecular weight is 622 g/mol. The third kappa shape index (κ3) is 8.59. The first-order chi connectivity index (χ1) is 21.6. The topological polar surface area (TPSA) is 152 Å². The maximum atomic E-state index is 14.4. The monoisotopic (exact) mass is 621 g/mol. The Bertz CT molecular complexity index is 1340. The van der Waals surface area contributed by atoms with E-state index < -0.39 is 54.1 Å². The van der Waals surface area contributed by atoms with Crippen molar-refractivity contribution >= 4 is 29.7 Å². The Kier molecular flexibility index (Phi) is 11.5. The Balaban J connectivity index is 1.71. The molecule has 242 valence electrons. The van der Waals surface area contributed by atoms with E-state index in [9.17, 15) is 24.0 Å². The van der Waals surface area contributed by atoms with Gasteiger partial charge in [0.15, 0.2) is 12.3 Å². The smallest absolute Gasteiger partial charge is 0.436 e. The van der Waals surface area contributed by atoms with Crippen LogP contribution < -0.4 is 11.1 Å². The van der Waals surface area contributed by atoms with Gasteiger partial charge in [-0.1, -0.05) is 74.5 Å². The minimum absolute atomic E-state index is 0.105. The van der Waals surface area contributed by atoms with Crippen molar-refractivity contribution in [1.29, 1.82) is 0 Å². The van der Waals surface area contributed by atoms with Crippen molar-refractivity contribution in [3.8, 4) is 0 Å². The van der Waals surface area contributed by atoms with Gasteiger partial charge >= 0.3 is 6.09 Å². The van der Waals surface area contributed by atoms with Crippen molar-refractivity contribution in [3.63, 3.8) is 0 Å². The second-order valence-electron chi connectivity index (χ2n) is 11.9. The van der Waals surface area contributed by atoms with E-state index in [2.05, 4.69) is 5.32 Å². The molecule has 0 saturated carbocycles. The highest BCUT2D eigenvalue weighted by Gasteiger charge is 2.54. The normalized spacial score (nSPS) is 20.5. The lowest BCUT2D eigenvalue weighted by Gasteiger charge is -2.53. The van der Waals surface area contributed by atoms with Gasteiger partial charge in [0.2, 0.25) is 17.7 Å². The number of hydrogen-bond acceptors (Lipinski definition) is 7. The van der Waals surface area contributed by atoms with Gasteiger partial charge in [-0.25, -0.2) is 4.79 Å². The van der Waals surface area contributed by atoms with Crippen LogP contribution in [0.4, 0.5) is 4.79 Å². The highest BCUT2D eigenvalue weighted by atomic mass is 16.7. The molecule has 1 unspecified atom stereocenters. The van der Waals surface area contributed by atoms with Crippen molar-refractivity contribution in [2.75, 3.05) is 19.7 Å². The lowest BCUT2D eigenvalue weighted by molar-refractivity contribution is -0.264. The maximum absolute atomic E-state index is 14.4. The minimum Gasteiger partial charge on any atom is -0.448 e. The molecule has 2 fully saturated rings. The largest absolute Gasteiger partial charge is 0.448 e. The van der Waals surface area contributed by atoms with Gasteiger partial charge in [-0.2, -0.15) is 5.06 Å². The number of nitrogens with zero attached hydrogens (tertiary/aromatic N) is 3. The molecule has 4 rings (SSSR count). The standard InChI is InChI=1S/C33H43N5O7/c1-22(2)16-18-44-33(43)38-29-21-36(26(19-24-11-6-4-7-12-24)30(40)35-17-10-15-28(34)39)32(42)27(20-25-13-8-5-9-14-25)37(29)31(41)23(3)45-38/h4-9,11-14,22-23,26-27,29H,10,15-21H2,1-3H3,(H2,34,39)(H,35,40)/t23-,26+,27+,29?/m1/s1. The van der Waals surface area contributed by atoms with Gasteiger partial charge in [0.1, 0.15) is 12.1 Å². The summed E-state index contributed by atoms with van der Waals surface area (Å²) in [6, 6.07) is 16.5. The van der Waals surface area contributed by atoms with Crippen LogP contribution in [0.15, 0.2) is 60.7 Å². The molecule has 0 radical (unpaired) electrons. The van der Waals surface area contributed by atoms with Crippen molar-refractivity contribution in [1.82, 2.24) is 20.2 Å². The van der Waals surface area contributed by atoms with Crippen molar-refractivity contribution in [3.05, 3.63) is 71.8 Å². The summed E-state index contributed by atoms with van der Waals surface area (Å²) in [4.78, 5) is 75.1. The van der Waals surface area contributed by atoms with Crippen LogP contribution in [0.25, 0.3) is 0 Å². The molecule has 2 aliphatic heterocycles. The molecule has 4 atom stereocenters. The molecular formula is C33H43N5O7. The highest BCUT2D eigenvalue weighted by Crippen LogP contribution is 2.31. The van der Waals surface area contributed by atoms with E-state index in [1.807, 2.05) is 74.5 Å². The average Bonchev–Trinajstić information content (AvgIpc) is 3.01. The third-order valence-corrected chi connectivity index (χ3v) is 7.95. The molecular weight excluding hydrogens is 578 g/mol. The number of rotatable bonds is 13. The SMILES string of the molecule is CC(C)CCOC(=O)N1O[C@H](C)C(=O)N2C1CN([C@@H](Cc1ccccc1)C(=O)NCCCC(N)=O)C(=O)[C@@H]2Cc1ccccc1. The Morgan fingerprint density at radius 3 is 2.27 bits per heavy atom. The van der Waals surface area contributed by atoms with Crippen LogP contribution in [0, 0.1) is 5.92 Å². The van der Waals surface area contributed by atoms with Gasteiger partial charge in [0.25, 0.3) is 5.91 Å². The fraction of sp³-hybridized carbons (Fsp3) is 0.485. The maximum Gasteiger partial charge on any atom is 0.436 e. The number of fused-ring (bicyclic) bond motifs is 1. The summed E-state index contributed by atoms with van der Waals surface area (Å²) >= 11 is 0. The second kappa shape index (κ2) is 15.5. The molecule has 5 amide bonds. The van der Waals surface area contributed by atoms with Crippen molar-refractivity contribution in [2.24, 2.45) is 11.7 Å². The summed E-state index contributed by atoms with van der Waals surface area (Å²) in [5.41, 5.74) is 6.89. The van der Waals surface area contributed by atoms with Crippen LogP contribution in [0.3, 0.4) is 0 Å². The van der Waals surface area contributed by atoms with Gasteiger partial charge in [0, 0.05) is 25.8 Å². The molecule has 2 saturated heterocycles. The van der Waals surface area contributed by atoms with E-state index in [0.717, 1.165) is 16.2 Å². The van der Waals surface area contributed by atoms with Gasteiger partial charge < -0.3 is 25.6 Å². The van der Waals surface area contributed by atoms with Crippen molar-refractivity contribution in [2.45, 2.75) is 77.2 Å². The lowest BCUT2D eigenvalue weighted by atomic mass is 9.95. The van der Waals surface area contributed by atoms with E-state index in [1.54, 1.807) is 0 Å². The number of piperazine rings is 1. The molecule has 0 spiro atoms. The molecule has 3 N–H and O–H groups in total. The molecule has 2 aromatic rings. The minimum atomic E-state index is -1.04. The number of carbonyl (C=O) groups is 5. The highest BCUT2D eigenvalue weighted by molar-refractivity contribution is 5.95. The Morgan fingerprint density at radius 2 is 1.64 bits per heavy atom. The van der Waals surface area contributed by atoms with E-state index >= 15 is 0 Å². The van der Waals surface area contributed by atoms with Crippen LogP contribution in [0.1, 0.15) is 51.2 Å². The first-order valence-corrected chi connectivity index (χ1v) is 15.5. The zero-order valence-electron chi connectivity index (χ0n) is 26.1. The van der Waals surface area contributed by atoms with E-state index in [4.69, 9.17) is 15.3 Å². The van der Waals surface area contributed by atoms with Crippen LogP contribution in [0.2, 0.25) is 0 Å². The van der Waals surface area contributed by atoms with Gasteiger partial charge in [-0.05, 0) is 36.8 Å². The number of carbonyl (C=O) groups excluding carboxylic acids is 5. The van der Waals surface area contributed by atoms with Gasteiger partial charge in [-0.3, -0.25) is 24.0 Å². The van der Waals surface area contributed by atoms with E-state index in [1.165, 1.54) is 16.7 Å². The van der Waals surface area contributed by atoms with Gasteiger partial charge in [0.05, 0.1) is 13.2 Å². The Hall–Kier alpha value is -4.45. The fourth-order valence-corrected chi connectivity index (χ4v) is 5.54. The molecule has 0 bridgehead atoms. The zero-order valence-corrected chi connectivity index (χ0v) is 26.1. The van der Waals surface area contributed by atoms with Crippen LogP contribution in [-0.4, -0.2) is 88.6 Å². The van der Waals surface area contributed by atoms with Crippen LogP contribution >= 0.6 is 0 Å². The number of hydroxylamine groups is 2. The third-order valence-electron chi connectivity index (χ3n) is 7.95. The summed E-state index contributed by atoms with van der Waals surface area (Å²) in [5.74, 6) is -1.45. The predicted octanol–water partition coefficient (Wildman–Crippen LogP) is 2.41. The number of benzene rings is 2. The zero-order chi connectivity index (χ0) is 32.5. The molecule has 2 heterocycles. The second-order valence-corrected chi connectivity index (χ2v) is 11.9. The first kappa shape index (κ1) is 33.4. The molecule has 12 nitrogen and oxygen atoms in total. The predicted molar refractivity (Wildman–Crippen MR) is 165 cm³/mol. The van der Waals surface area contributed by atoms with E-state index in [0.29, 0.717) is 18.8 Å². The summed E-state index contributed by atoms with van der Waals surface area (Å²) < 4.78 is 5.53. The summed E-state index contributed by atoms with van der Waals surface area (Å²) in [7, 11) is 0.